The average molecular weight is 396 g/mol. The van der Waals surface area contributed by atoms with Crippen molar-refractivity contribution in [2.45, 2.75) is 0 Å². The van der Waals surface area contributed by atoms with Gasteiger partial charge >= 0.3 is 0 Å². The van der Waals surface area contributed by atoms with Crippen LogP contribution in [0.5, 0.6) is 0 Å². The topological polar surface area (TPSA) is 6.48 Å². The SMILES string of the molecule is CN(C)c1ccc2c3c(ccc(N(C)C)c13)C(Br)=C2Br. The minimum atomic E-state index is 1.14. The normalized spacial score (nSPS) is 13.3. The van der Waals surface area contributed by atoms with E-state index in [1.807, 2.05) is 0 Å². The zero-order valence-corrected chi connectivity index (χ0v) is 15.1. The van der Waals surface area contributed by atoms with Crippen molar-refractivity contribution in [3.8, 4) is 0 Å². The van der Waals surface area contributed by atoms with E-state index in [9.17, 15) is 0 Å². The van der Waals surface area contributed by atoms with E-state index >= 15 is 0 Å². The minimum Gasteiger partial charge on any atom is -0.377 e. The molecule has 0 unspecified atom stereocenters. The minimum absolute atomic E-state index is 1.14. The summed E-state index contributed by atoms with van der Waals surface area (Å²) >= 11 is 7.41. The molecule has 0 fully saturated rings. The van der Waals surface area contributed by atoms with Crippen molar-refractivity contribution in [3.63, 3.8) is 0 Å². The molecule has 0 aromatic heterocycles. The second-order valence-electron chi connectivity index (χ2n) is 5.43. The summed E-state index contributed by atoms with van der Waals surface area (Å²) in [7, 11) is 8.37. The van der Waals surface area contributed by atoms with Crippen LogP contribution < -0.4 is 9.80 Å². The summed E-state index contributed by atoms with van der Waals surface area (Å²) in [6, 6.07) is 8.78. The molecule has 1 aliphatic rings. The lowest BCUT2D eigenvalue weighted by atomic mass is 10.00. The van der Waals surface area contributed by atoms with Gasteiger partial charge in [-0.05, 0) is 55.1 Å². The van der Waals surface area contributed by atoms with E-state index in [-0.39, 0.29) is 0 Å². The molecule has 0 aliphatic heterocycles. The number of halogens is 2. The van der Waals surface area contributed by atoms with Gasteiger partial charge in [0.2, 0.25) is 0 Å². The van der Waals surface area contributed by atoms with Crippen LogP contribution in [0.2, 0.25) is 0 Å². The lowest BCUT2D eigenvalue weighted by molar-refractivity contribution is 1.12. The van der Waals surface area contributed by atoms with E-state index < -0.39 is 0 Å². The zero-order valence-electron chi connectivity index (χ0n) is 12.0. The second kappa shape index (κ2) is 4.78. The Morgan fingerprint density at radius 1 is 0.650 bits per heavy atom. The molecule has 0 saturated carbocycles. The number of hydrogen-bond donors (Lipinski definition) is 0. The number of hydrogen-bond acceptors (Lipinski definition) is 2. The van der Waals surface area contributed by atoms with Gasteiger partial charge < -0.3 is 9.80 Å². The Labute approximate surface area is 136 Å². The molecule has 2 nitrogen and oxygen atoms in total. The first kappa shape index (κ1) is 14.0. The summed E-state index contributed by atoms with van der Waals surface area (Å²) in [5.74, 6) is 0. The van der Waals surface area contributed by atoms with E-state index in [0.717, 1.165) is 8.96 Å². The molecule has 0 N–H and O–H groups in total. The van der Waals surface area contributed by atoms with E-state index in [1.54, 1.807) is 0 Å². The highest BCUT2D eigenvalue weighted by molar-refractivity contribution is 9.18. The van der Waals surface area contributed by atoms with Crippen molar-refractivity contribution in [1.82, 2.24) is 0 Å². The predicted octanol–water partition coefficient (Wildman–Crippen LogP) is 4.90. The summed E-state index contributed by atoms with van der Waals surface area (Å²) in [6.07, 6.45) is 0. The van der Waals surface area contributed by atoms with Crippen molar-refractivity contribution >= 4 is 63.0 Å². The third-order valence-electron chi connectivity index (χ3n) is 3.75. The number of nitrogens with zero attached hydrogens (tertiary/aromatic N) is 2. The maximum Gasteiger partial charge on any atom is 0.0462 e. The molecule has 1 aliphatic carbocycles. The molecule has 20 heavy (non-hydrogen) atoms. The van der Waals surface area contributed by atoms with Crippen LogP contribution in [-0.4, -0.2) is 28.2 Å². The highest BCUT2D eigenvalue weighted by Gasteiger charge is 2.24. The third kappa shape index (κ3) is 1.81. The molecule has 104 valence electrons. The van der Waals surface area contributed by atoms with Crippen LogP contribution in [0.15, 0.2) is 24.3 Å². The van der Waals surface area contributed by atoms with Gasteiger partial charge in [-0.2, -0.15) is 0 Å². The van der Waals surface area contributed by atoms with Gasteiger partial charge in [-0.3, -0.25) is 0 Å². The first-order valence-corrected chi connectivity index (χ1v) is 8.02. The van der Waals surface area contributed by atoms with Gasteiger partial charge in [0, 0.05) is 59.3 Å². The van der Waals surface area contributed by atoms with Crippen LogP contribution in [-0.2, 0) is 0 Å². The van der Waals surface area contributed by atoms with E-state index in [2.05, 4.69) is 94.1 Å². The first-order valence-electron chi connectivity index (χ1n) is 6.44. The van der Waals surface area contributed by atoms with Crippen LogP contribution in [0.4, 0.5) is 11.4 Å². The Morgan fingerprint density at radius 2 is 1.05 bits per heavy atom. The molecule has 3 rings (SSSR count). The first-order chi connectivity index (χ1) is 9.43. The Bertz CT molecular complexity index is 687. The van der Waals surface area contributed by atoms with Gasteiger partial charge in [0.1, 0.15) is 0 Å². The van der Waals surface area contributed by atoms with Gasteiger partial charge in [0.05, 0.1) is 0 Å². The molecule has 0 radical (unpaired) electrons. The van der Waals surface area contributed by atoms with Crippen molar-refractivity contribution in [3.05, 3.63) is 35.4 Å². The highest BCUT2D eigenvalue weighted by Crippen LogP contribution is 2.51. The fourth-order valence-corrected chi connectivity index (χ4v) is 3.90. The zero-order chi connectivity index (χ0) is 14.6. The quantitative estimate of drug-likeness (QED) is 0.713. The Kier molecular flexibility index (Phi) is 3.33. The highest BCUT2D eigenvalue weighted by atomic mass is 79.9. The van der Waals surface area contributed by atoms with Crippen molar-refractivity contribution in [1.29, 1.82) is 0 Å². The van der Waals surface area contributed by atoms with Crippen LogP contribution in [0.1, 0.15) is 11.1 Å². The molecular weight excluding hydrogens is 380 g/mol. The summed E-state index contributed by atoms with van der Waals surface area (Å²) in [6.45, 7) is 0. The fraction of sp³-hybridized carbons (Fsp3) is 0.250. The summed E-state index contributed by atoms with van der Waals surface area (Å²) in [5, 5.41) is 2.63. The maximum absolute atomic E-state index is 3.71. The lowest BCUT2D eigenvalue weighted by Gasteiger charge is -2.22. The molecule has 0 atom stereocenters. The van der Waals surface area contributed by atoms with E-state index in [0.29, 0.717) is 0 Å². The molecular formula is C16H16Br2N2. The van der Waals surface area contributed by atoms with E-state index in [1.165, 1.54) is 33.3 Å². The summed E-state index contributed by atoms with van der Waals surface area (Å²) in [5.41, 5.74) is 5.01. The van der Waals surface area contributed by atoms with Crippen LogP contribution >= 0.6 is 31.9 Å². The third-order valence-corrected chi connectivity index (χ3v) is 5.93. The Hall–Kier alpha value is -1.00. The van der Waals surface area contributed by atoms with Gasteiger partial charge in [0.25, 0.3) is 0 Å². The van der Waals surface area contributed by atoms with Crippen LogP contribution in [0, 0.1) is 0 Å². The second-order valence-corrected chi connectivity index (χ2v) is 7.02. The molecule has 0 spiro atoms. The average Bonchev–Trinajstić information content (AvgIpc) is 2.65. The number of anilines is 2. The van der Waals surface area contributed by atoms with Gasteiger partial charge in [-0.15, -0.1) is 0 Å². The smallest absolute Gasteiger partial charge is 0.0462 e. The summed E-state index contributed by atoms with van der Waals surface area (Å²) in [4.78, 5) is 4.35. The molecule has 0 amide bonds. The maximum atomic E-state index is 3.71. The molecule has 0 heterocycles. The van der Waals surface area contributed by atoms with Gasteiger partial charge in [0.15, 0.2) is 0 Å². The number of rotatable bonds is 2. The monoisotopic (exact) mass is 394 g/mol. The molecule has 4 heteroatoms. The fourth-order valence-electron chi connectivity index (χ4n) is 2.81. The summed E-state index contributed by atoms with van der Waals surface area (Å²) < 4.78 is 2.28. The molecule has 0 bridgehead atoms. The van der Waals surface area contributed by atoms with Crippen LogP contribution in [0.25, 0.3) is 19.7 Å². The van der Waals surface area contributed by atoms with Gasteiger partial charge in [-0.1, -0.05) is 12.1 Å². The number of benzene rings is 2. The molecule has 2 aromatic rings. The lowest BCUT2D eigenvalue weighted by Crippen LogP contribution is -2.13. The van der Waals surface area contributed by atoms with E-state index in [4.69, 9.17) is 0 Å². The Morgan fingerprint density at radius 3 is 1.40 bits per heavy atom. The van der Waals surface area contributed by atoms with Gasteiger partial charge in [-0.25, -0.2) is 0 Å². The van der Waals surface area contributed by atoms with Crippen LogP contribution in [0.3, 0.4) is 0 Å². The van der Waals surface area contributed by atoms with Crippen molar-refractivity contribution < 1.29 is 0 Å². The standard InChI is InChI=1S/C16H16Br2N2/c1-19(2)11-7-5-9-13-10(16(18)15(9)17)6-8-12(14(11)13)20(3)4/h5-8H,1-4H3. The largest absolute Gasteiger partial charge is 0.377 e. The Balaban J connectivity index is 2.51. The molecule has 0 saturated heterocycles. The predicted molar refractivity (Wildman–Crippen MR) is 97.3 cm³/mol. The van der Waals surface area contributed by atoms with Crippen molar-refractivity contribution in [2.75, 3.05) is 38.0 Å². The van der Waals surface area contributed by atoms with Crippen molar-refractivity contribution in [2.24, 2.45) is 0 Å². The molecule has 2 aromatic carbocycles.